The standard InChI is InChI=1S/C36H43N3O5/c1-7-23(5)32(35(42)37-24(6)33(40)25-18-16-22(4)17-19-25)38-34(41)31(21(2)3)39-36(43)44-20-30-28-14-10-8-12-26(28)27-13-9-11-15-29(27)30/h8-19,21,23-24,30-32H,7,20H2,1-6H3,(H,37,42)(H,38,41)(H,39,43)/t23-,24-,31-,32-/m0/s1. The third-order valence-corrected chi connectivity index (χ3v) is 8.45. The molecule has 0 aliphatic heterocycles. The number of ketones is 1. The first-order valence-electron chi connectivity index (χ1n) is 15.3. The first kappa shape index (κ1) is 32.5. The molecule has 232 valence electrons. The SMILES string of the molecule is CC[C@H](C)[C@H](NC(=O)[C@@H](NC(=O)OCC1c2ccccc2-c2ccccc21)C(C)C)C(=O)N[C@@H](C)C(=O)c1ccc(C)cc1. The maximum absolute atomic E-state index is 13.5. The van der Waals surface area contributed by atoms with Crippen molar-refractivity contribution in [1.29, 1.82) is 0 Å². The van der Waals surface area contributed by atoms with Crippen LogP contribution in [0.25, 0.3) is 11.1 Å². The fraction of sp³-hybridized carbons (Fsp3) is 0.389. The van der Waals surface area contributed by atoms with Crippen molar-refractivity contribution in [1.82, 2.24) is 16.0 Å². The highest BCUT2D eigenvalue weighted by molar-refractivity contribution is 6.02. The van der Waals surface area contributed by atoms with Crippen LogP contribution in [0.15, 0.2) is 72.8 Å². The summed E-state index contributed by atoms with van der Waals surface area (Å²) in [6.45, 7) is 11.1. The second-order valence-corrected chi connectivity index (χ2v) is 12.0. The Bertz CT molecular complexity index is 1450. The van der Waals surface area contributed by atoms with Crippen LogP contribution in [0.2, 0.25) is 0 Å². The van der Waals surface area contributed by atoms with E-state index in [1.54, 1.807) is 19.1 Å². The minimum Gasteiger partial charge on any atom is -0.449 e. The van der Waals surface area contributed by atoms with Gasteiger partial charge in [0.2, 0.25) is 11.8 Å². The van der Waals surface area contributed by atoms with Crippen LogP contribution in [-0.2, 0) is 14.3 Å². The number of benzene rings is 3. The Hall–Kier alpha value is -4.46. The minimum absolute atomic E-state index is 0.109. The van der Waals surface area contributed by atoms with Gasteiger partial charge in [-0.15, -0.1) is 0 Å². The molecule has 0 fully saturated rings. The summed E-state index contributed by atoms with van der Waals surface area (Å²) < 4.78 is 5.67. The number of amides is 3. The number of hydrogen-bond acceptors (Lipinski definition) is 5. The molecule has 44 heavy (non-hydrogen) atoms. The van der Waals surface area contributed by atoms with Gasteiger partial charge >= 0.3 is 6.09 Å². The fourth-order valence-electron chi connectivity index (χ4n) is 5.58. The summed E-state index contributed by atoms with van der Waals surface area (Å²) in [5.74, 6) is -1.77. The van der Waals surface area contributed by atoms with Gasteiger partial charge in [-0.1, -0.05) is 112 Å². The number of carbonyl (C=O) groups is 4. The molecule has 3 amide bonds. The van der Waals surface area contributed by atoms with Gasteiger partial charge in [0, 0.05) is 11.5 Å². The molecule has 1 aliphatic carbocycles. The summed E-state index contributed by atoms with van der Waals surface area (Å²) in [6, 6.07) is 20.7. The zero-order chi connectivity index (χ0) is 32.0. The molecule has 0 unspecified atom stereocenters. The average molecular weight is 598 g/mol. The smallest absolute Gasteiger partial charge is 0.407 e. The lowest BCUT2D eigenvalue weighted by Crippen LogP contribution is -2.58. The Balaban J connectivity index is 1.39. The van der Waals surface area contributed by atoms with Crippen LogP contribution >= 0.6 is 0 Å². The van der Waals surface area contributed by atoms with Crippen molar-refractivity contribution >= 4 is 23.7 Å². The Morgan fingerprint density at radius 2 is 1.27 bits per heavy atom. The number of hydrogen-bond donors (Lipinski definition) is 3. The molecule has 8 heteroatoms. The second-order valence-electron chi connectivity index (χ2n) is 12.0. The summed E-state index contributed by atoms with van der Waals surface area (Å²) in [6.07, 6.45) is -0.0901. The largest absolute Gasteiger partial charge is 0.449 e. The van der Waals surface area contributed by atoms with Crippen LogP contribution < -0.4 is 16.0 Å². The van der Waals surface area contributed by atoms with Crippen LogP contribution in [0.5, 0.6) is 0 Å². The van der Waals surface area contributed by atoms with E-state index in [4.69, 9.17) is 4.74 Å². The molecule has 0 saturated heterocycles. The molecule has 3 aromatic carbocycles. The van der Waals surface area contributed by atoms with Gasteiger partial charge in [-0.3, -0.25) is 14.4 Å². The number of Topliss-reactive ketones (excluding diaryl/α,β-unsaturated/α-hetero) is 1. The van der Waals surface area contributed by atoms with Crippen molar-refractivity contribution in [3.8, 4) is 11.1 Å². The highest BCUT2D eigenvalue weighted by atomic mass is 16.5. The van der Waals surface area contributed by atoms with Gasteiger partial charge in [0.05, 0.1) is 6.04 Å². The number of rotatable bonds is 12. The van der Waals surface area contributed by atoms with Gasteiger partial charge in [0.1, 0.15) is 18.7 Å². The van der Waals surface area contributed by atoms with E-state index < -0.39 is 36.0 Å². The molecule has 4 atom stereocenters. The highest BCUT2D eigenvalue weighted by Gasteiger charge is 2.34. The van der Waals surface area contributed by atoms with Crippen molar-refractivity contribution < 1.29 is 23.9 Å². The molecule has 1 aliphatic rings. The molecule has 0 saturated carbocycles. The van der Waals surface area contributed by atoms with Gasteiger partial charge in [-0.2, -0.15) is 0 Å². The first-order chi connectivity index (χ1) is 21.0. The molecule has 3 aromatic rings. The minimum atomic E-state index is -0.934. The van der Waals surface area contributed by atoms with Crippen molar-refractivity contribution in [3.05, 3.63) is 95.1 Å². The lowest BCUT2D eigenvalue weighted by Gasteiger charge is -2.28. The highest BCUT2D eigenvalue weighted by Crippen LogP contribution is 2.44. The predicted molar refractivity (Wildman–Crippen MR) is 171 cm³/mol. The molecule has 0 radical (unpaired) electrons. The van der Waals surface area contributed by atoms with E-state index in [9.17, 15) is 19.2 Å². The molecular weight excluding hydrogens is 554 g/mol. The zero-order valence-corrected chi connectivity index (χ0v) is 26.3. The maximum Gasteiger partial charge on any atom is 0.407 e. The normalized spacial score (nSPS) is 14.9. The lowest BCUT2D eigenvalue weighted by atomic mass is 9.95. The zero-order valence-electron chi connectivity index (χ0n) is 26.3. The fourth-order valence-corrected chi connectivity index (χ4v) is 5.58. The van der Waals surface area contributed by atoms with Gasteiger partial charge < -0.3 is 20.7 Å². The van der Waals surface area contributed by atoms with Gasteiger partial charge in [0.15, 0.2) is 5.78 Å². The number of nitrogens with one attached hydrogen (secondary N) is 3. The first-order valence-corrected chi connectivity index (χ1v) is 15.3. The molecule has 0 heterocycles. The van der Waals surface area contributed by atoms with E-state index in [1.807, 2.05) is 83.1 Å². The van der Waals surface area contributed by atoms with Crippen LogP contribution in [0.1, 0.15) is 74.0 Å². The summed E-state index contributed by atoms with van der Waals surface area (Å²) in [5.41, 5.74) is 5.97. The summed E-state index contributed by atoms with van der Waals surface area (Å²) >= 11 is 0. The van der Waals surface area contributed by atoms with Crippen molar-refractivity contribution in [2.24, 2.45) is 11.8 Å². The van der Waals surface area contributed by atoms with Crippen molar-refractivity contribution in [2.75, 3.05) is 6.61 Å². The molecule has 0 bridgehead atoms. The van der Waals surface area contributed by atoms with E-state index in [0.29, 0.717) is 12.0 Å². The summed E-state index contributed by atoms with van der Waals surface area (Å²) in [4.78, 5) is 52.8. The monoisotopic (exact) mass is 597 g/mol. The molecule has 0 spiro atoms. The Labute approximate surface area is 260 Å². The number of carbonyl (C=O) groups excluding carboxylic acids is 4. The third-order valence-electron chi connectivity index (χ3n) is 8.45. The van der Waals surface area contributed by atoms with Crippen molar-refractivity contribution in [2.45, 2.75) is 72.0 Å². The average Bonchev–Trinajstić information content (AvgIpc) is 3.34. The maximum atomic E-state index is 13.5. The van der Waals surface area contributed by atoms with Crippen LogP contribution in [-0.4, -0.2) is 48.4 Å². The van der Waals surface area contributed by atoms with Crippen LogP contribution in [0.4, 0.5) is 4.79 Å². The Morgan fingerprint density at radius 1 is 0.727 bits per heavy atom. The van der Waals surface area contributed by atoms with E-state index in [0.717, 1.165) is 27.8 Å². The van der Waals surface area contributed by atoms with E-state index in [1.165, 1.54) is 0 Å². The van der Waals surface area contributed by atoms with Gasteiger partial charge in [-0.05, 0) is 47.9 Å². The quantitative estimate of drug-likeness (QED) is 0.229. The number of ether oxygens (including phenoxy) is 1. The summed E-state index contributed by atoms with van der Waals surface area (Å²) in [5, 5.41) is 8.33. The second kappa shape index (κ2) is 14.3. The van der Waals surface area contributed by atoms with E-state index in [-0.39, 0.29) is 30.1 Å². The molecular formula is C36H43N3O5. The molecule has 4 rings (SSSR count). The van der Waals surface area contributed by atoms with E-state index >= 15 is 0 Å². The van der Waals surface area contributed by atoms with Gasteiger partial charge in [-0.25, -0.2) is 4.79 Å². The topological polar surface area (TPSA) is 114 Å². The third kappa shape index (κ3) is 7.36. The number of fused-ring (bicyclic) bond motifs is 3. The molecule has 8 nitrogen and oxygen atoms in total. The molecule has 0 aromatic heterocycles. The van der Waals surface area contributed by atoms with E-state index in [2.05, 4.69) is 28.1 Å². The van der Waals surface area contributed by atoms with Crippen LogP contribution in [0, 0.1) is 18.8 Å². The number of alkyl carbamates (subject to hydrolysis) is 1. The van der Waals surface area contributed by atoms with Crippen molar-refractivity contribution in [3.63, 3.8) is 0 Å². The van der Waals surface area contributed by atoms with Crippen LogP contribution in [0.3, 0.4) is 0 Å². The Kier molecular flexibility index (Phi) is 10.6. The lowest BCUT2D eigenvalue weighted by molar-refractivity contribution is -0.131. The van der Waals surface area contributed by atoms with Gasteiger partial charge in [0.25, 0.3) is 0 Å². The number of aryl methyl sites for hydroxylation is 1. The predicted octanol–water partition coefficient (Wildman–Crippen LogP) is 5.78. The Morgan fingerprint density at radius 3 is 1.82 bits per heavy atom. The summed E-state index contributed by atoms with van der Waals surface area (Å²) in [7, 11) is 0. The molecule has 3 N–H and O–H groups in total.